The molecular formula is C18H16BrNO4S. The van der Waals surface area contributed by atoms with Gasteiger partial charge in [-0.15, -0.1) is 0 Å². The molecular weight excluding hydrogens is 406 g/mol. The Labute approximate surface area is 154 Å². The molecule has 25 heavy (non-hydrogen) atoms. The van der Waals surface area contributed by atoms with Crippen molar-refractivity contribution in [2.45, 2.75) is 17.7 Å². The summed E-state index contributed by atoms with van der Waals surface area (Å²) in [4.78, 5) is 11.7. The molecule has 0 saturated heterocycles. The molecule has 0 atom stereocenters. The van der Waals surface area contributed by atoms with Gasteiger partial charge in [0, 0.05) is 22.5 Å². The topological polar surface area (TPSA) is 65.4 Å². The first-order valence-corrected chi connectivity index (χ1v) is 9.83. The Bertz CT molecular complexity index is 1030. The summed E-state index contributed by atoms with van der Waals surface area (Å²) in [6.07, 6.45) is 2.17. The third-order valence-corrected chi connectivity index (χ3v) is 6.12. The molecule has 0 spiro atoms. The number of ether oxygens (including phenoxy) is 1. The molecule has 0 saturated carbocycles. The SMILES string of the molecule is COC(=O)CCc1cn(S(=O)(=O)c2ccccc2)c2ccc(Br)cc12. The van der Waals surface area contributed by atoms with E-state index >= 15 is 0 Å². The number of aromatic nitrogens is 1. The maximum Gasteiger partial charge on any atom is 0.305 e. The fourth-order valence-electron chi connectivity index (χ4n) is 2.68. The van der Waals surface area contributed by atoms with Crippen LogP contribution in [0.5, 0.6) is 0 Å². The van der Waals surface area contributed by atoms with E-state index in [-0.39, 0.29) is 17.3 Å². The molecule has 0 aliphatic rings. The maximum atomic E-state index is 13.0. The number of carbonyl (C=O) groups is 1. The number of carbonyl (C=O) groups excluding carboxylic acids is 1. The maximum absolute atomic E-state index is 13.0. The van der Waals surface area contributed by atoms with Gasteiger partial charge in [0.1, 0.15) is 0 Å². The van der Waals surface area contributed by atoms with Gasteiger partial charge in [-0.25, -0.2) is 12.4 Å². The molecule has 1 aromatic heterocycles. The van der Waals surface area contributed by atoms with Gasteiger partial charge in [0.15, 0.2) is 0 Å². The molecule has 0 unspecified atom stereocenters. The van der Waals surface area contributed by atoms with Crippen molar-refractivity contribution in [2.24, 2.45) is 0 Å². The highest BCUT2D eigenvalue weighted by atomic mass is 79.9. The Hall–Kier alpha value is -2.12. The number of nitrogens with zero attached hydrogens (tertiary/aromatic N) is 1. The number of methoxy groups -OCH3 is 1. The molecule has 3 aromatic rings. The van der Waals surface area contributed by atoms with Crippen LogP contribution in [0.2, 0.25) is 0 Å². The minimum absolute atomic E-state index is 0.188. The van der Waals surface area contributed by atoms with Crippen LogP contribution in [-0.4, -0.2) is 25.5 Å². The molecule has 130 valence electrons. The van der Waals surface area contributed by atoms with Crippen molar-refractivity contribution >= 4 is 42.8 Å². The van der Waals surface area contributed by atoms with Crippen molar-refractivity contribution in [3.63, 3.8) is 0 Å². The zero-order valence-corrected chi connectivity index (χ0v) is 15.9. The quantitative estimate of drug-likeness (QED) is 0.588. The summed E-state index contributed by atoms with van der Waals surface area (Å²) in [5, 5.41) is 0.790. The normalized spacial score (nSPS) is 11.6. The lowest BCUT2D eigenvalue weighted by Gasteiger charge is -2.07. The fourth-order valence-corrected chi connectivity index (χ4v) is 4.45. The predicted molar refractivity (Wildman–Crippen MR) is 99.0 cm³/mol. The number of hydrogen-bond acceptors (Lipinski definition) is 4. The Morgan fingerprint density at radius 1 is 1.16 bits per heavy atom. The molecule has 0 radical (unpaired) electrons. The molecule has 5 nitrogen and oxygen atoms in total. The first-order valence-electron chi connectivity index (χ1n) is 7.60. The number of fused-ring (bicyclic) bond motifs is 1. The van der Waals surface area contributed by atoms with Crippen LogP contribution in [0.1, 0.15) is 12.0 Å². The lowest BCUT2D eigenvalue weighted by atomic mass is 10.1. The number of hydrogen-bond donors (Lipinski definition) is 0. The standard InChI is InChI=1S/C18H16BrNO4S/c1-24-18(21)10-7-13-12-20(17-9-8-14(19)11-16(13)17)25(22,23)15-5-3-2-4-6-15/h2-6,8-9,11-12H,7,10H2,1H3. The Balaban J connectivity index is 2.14. The molecule has 0 aliphatic heterocycles. The van der Waals surface area contributed by atoms with Crippen molar-refractivity contribution in [3.8, 4) is 0 Å². The van der Waals surface area contributed by atoms with Gasteiger partial charge in [0.2, 0.25) is 0 Å². The van der Waals surface area contributed by atoms with Gasteiger partial charge in [-0.2, -0.15) is 0 Å². The zero-order chi connectivity index (χ0) is 18.0. The van der Waals surface area contributed by atoms with Crippen LogP contribution >= 0.6 is 15.9 Å². The van der Waals surface area contributed by atoms with Gasteiger partial charge < -0.3 is 4.74 Å². The van der Waals surface area contributed by atoms with E-state index in [1.54, 1.807) is 48.7 Å². The highest BCUT2D eigenvalue weighted by molar-refractivity contribution is 9.10. The van der Waals surface area contributed by atoms with Gasteiger partial charge in [-0.05, 0) is 42.3 Å². The largest absolute Gasteiger partial charge is 0.469 e. The van der Waals surface area contributed by atoms with Gasteiger partial charge in [0.25, 0.3) is 10.0 Å². The van der Waals surface area contributed by atoms with Crippen molar-refractivity contribution in [2.75, 3.05) is 7.11 Å². The smallest absolute Gasteiger partial charge is 0.305 e. The second kappa shape index (κ2) is 7.01. The fraction of sp³-hybridized carbons (Fsp3) is 0.167. The van der Waals surface area contributed by atoms with Crippen LogP contribution in [-0.2, 0) is 26.0 Å². The number of esters is 1. The van der Waals surface area contributed by atoms with E-state index in [4.69, 9.17) is 0 Å². The van der Waals surface area contributed by atoms with E-state index in [2.05, 4.69) is 20.7 Å². The number of rotatable bonds is 5. The number of benzene rings is 2. The number of aryl methyl sites for hydroxylation is 1. The average Bonchev–Trinajstić information content (AvgIpc) is 2.99. The lowest BCUT2D eigenvalue weighted by molar-refractivity contribution is -0.140. The van der Waals surface area contributed by atoms with E-state index in [1.807, 2.05) is 6.07 Å². The summed E-state index contributed by atoms with van der Waals surface area (Å²) >= 11 is 3.41. The molecule has 0 fully saturated rings. The van der Waals surface area contributed by atoms with Gasteiger partial charge in [0.05, 0.1) is 17.5 Å². The van der Waals surface area contributed by atoms with E-state index in [9.17, 15) is 13.2 Å². The van der Waals surface area contributed by atoms with Crippen LogP contribution in [0.4, 0.5) is 0 Å². The summed E-state index contributed by atoms with van der Waals surface area (Å²) < 4.78 is 32.8. The second-order valence-corrected chi connectivity index (χ2v) is 8.24. The van der Waals surface area contributed by atoms with E-state index < -0.39 is 10.0 Å². The molecule has 0 amide bonds. The van der Waals surface area contributed by atoms with E-state index in [0.29, 0.717) is 11.9 Å². The Morgan fingerprint density at radius 3 is 2.56 bits per heavy atom. The zero-order valence-electron chi connectivity index (χ0n) is 13.5. The summed E-state index contributed by atoms with van der Waals surface area (Å²) in [6, 6.07) is 13.7. The Kier molecular flexibility index (Phi) is 4.96. The van der Waals surface area contributed by atoms with Gasteiger partial charge in [-0.3, -0.25) is 4.79 Å². The molecule has 3 rings (SSSR count). The molecule has 1 heterocycles. The highest BCUT2D eigenvalue weighted by Crippen LogP contribution is 2.29. The summed E-state index contributed by atoms with van der Waals surface area (Å²) in [6.45, 7) is 0. The van der Waals surface area contributed by atoms with Crippen LogP contribution < -0.4 is 0 Å². The van der Waals surface area contributed by atoms with Gasteiger partial charge in [-0.1, -0.05) is 34.1 Å². The summed E-state index contributed by atoms with van der Waals surface area (Å²) in [5.41, 5.74) is 1.35. The third kappa shape index (κ3) is 3.48. The molecule has 0 aliphatic carbocycles. The van der Waals surface area contributed by atoms with Crippen molar-refractivity contribution in [1.29, 1.82) is 0 Å². The second-order valence-electron chi connectivity index (χ2n) is 5.51. The molecule has 2 aromatic carbocycles. The minimum Gasteiger partial charge on any atom is -0.469 e. The lowest BCUT2D eigenvalue weighted by Crippen LogP contribution is -2.11. The van der Waals surface area contributed by atoms with Crippen LogP contribution in [0, 0.1) is 0 Å². The predicted octanol–water partition coefficient (Wildman–Crippen LogP) is 3.75. The van der Waals surface area contributed by atoms with Crippen molar-refractivity contribution < 1.29 is 17.9 Å². The van der Waals surface area contributed by atoms with Crippen LogP contribution in [0.15, 0.2) is 64.1 Å². The monoisotopic (exact) mass is 421 g/mol. The minimum atomic E-state index is -3.72. The van der Waals surface area contributed by atoms with Crippen LogP contribution in [0.25, 0.3) is 10.9 Å². The first-order chi connectivity index (χ1) is 11.9. The van der Waals surface area contributed by atoms with Gasteiger partial charge >= 0.3 is 5.97 Å². The average molecular weight is 422 g/mol. The third-order valence-electron chi connectivity index (χ3n) is 3.94. The summed E-state index contributed by atoms with van der Waals surface area (Å²) in [5.74, 6) is -0.332. The summed E-state index contributed by atoms with van der Waals surface area (Å²) in [7, 11) is -2.38. The molecule has 0 N–H and O–H groups in total. The van der Waals surface area contributed by atoms with Crippen molar-refractivity contribution in [1.82, 2.24) is 3.97 Å². The Morgan fingerprint density at radius 2 is 1.88 bits per heavy atom. The van der Waals surface area contributed by atoms with E-state index in [0.717, 1.165) is 15.4 Å². The van der Waals surface area contributed by atoms with Crippen LogP contribution in [0.3, 0.4) is 0 Å². The van der Waals surface area contributed by atoms with E-state index in [1.165, 1.54) is 11.1 Å². The highest BCUT2D eigenvalue weighted by Gasteiger charge is 2.21. The molecule has 7 heteroatoms. The first kappa shape index (κ1) is 17.7. The molecule has 0 bridgehead atoms. The number of halogens is 1. The van der Waals surface area contributed by atoms with Crippen molar-refractivity contribution in [3.05, 3.63) is 64.8 Å².